The molecule has 0 spiro atoms. The predicted octanol–water partition coefficient (Wildman–Crippen LogP) is 0.680. The summed E-state index contributed by atoms with van der Waals surface area (Å²) in [5, 5.41) is 11.1. The van der Waals surface area contributed by atoms with Crippen molar-refractivity contribution in [2.75, 3.05) is 6.73 Å². The maximum atomic E-state index is 8.44. The fourth-order valence-electron chi connectivity index (χ4n) is 0.646. The Bertz CT molecular complexity index is 250. The van der Waals surface area contributed by atoms with Gasteiger partial charge in [0.1, 0.15) is 6.73 Å². The zero-order valence-corrected chi connectivity index (χ0v) is 5.81. The van der Waals surface area contributed by atoms with E-state index in [1.165, 1.54) is 0 Å². The number of rotatable bonds is 2. The molecule has 0 radical (unpaired) electrons. The van der Waals surface area contributed by atoms with Crippen LogP contribution in [0.5, 0.6) is 0 Å². The third kappa shape index (κ3) is 1.64. The average molecular weight is 135 g/mol. The first-order valence-corrected chi connectivity index (χ1v) is 3.08. The van der Waals surface area contributed by atoms with Crippen LogP contribution in [-0.2, 0) is 0 Å². The molecule has 0 heterocycles. The van der Waals surface area contributed by atoms with Gasteiger partial charge in [0.15, 0.2) is 0 Å². The van der Waals surface area contributed by atoms with Crippen LogP contribution in [0.1, 0.15) is 6.92 Å². The Hall–Kier alpha value is -1.20. The van der Waals surface area contributed by atoms with E-state index >= 15 is 0 Å². The number of aliphatic hydroxyl groups is 1. The highest BCUT2D eigenvalue weighted by molar-refractivity contribution is 5.29. The molecular formula is C8H9NO. The van der Waals surface area contributed by atoms with Gasteiger partial charge in [-0.2, -0.15) is 0 Å². The molecule has 2 nitrogen and oxygen atoms in total. The minimum atomic E-state index is -0.0621. The Balaban J connectivity index is 2.81. The molecular weight excluding hydrogens is 126 g/mol. The van der Waals surface area contributed by atoms with Gasteiger partial charge in [0.2, 0.25) is 0 Å². The largest absolute Gasteiger partial charge is 0.377 e. The first-order valence-electron chi connectivity index (χ1n) is 3.08. The van der Waals surface area contributed by atoms with Gasteiger partial charge in [-0.25, -0.2) is 0 Å². The lowest BCUT2D eigenvalue weighted by atomic mass is 10.2. The molecule has 1 aliphatic rings. The zero-order chi connectivity index (χ0) is 7.40. The summed E-state index contributed by atoms with van der Waals surface area (Å²) < 4.78 is 0. The molecule has 2 N–H and O–H groups in total. The first-order chi connectivity index (χ1) is 4.83. The van der Waals surface area contributed by atoms with Crippen LogP contribution >= 0.6 is 0 Å². The molecule has 0 aromatic rings. The maximum Gasteiger partial charge on any atom is 0.113 e. The number of allylic oxidation sites excluding steroid dienone is 3. The quantitative estimate of drug-likeness (QED) is 0.431. The summed E-state index contributed by atoms with van der Waals surface area (Å²) >= 11 is 0. The lowest BCUT2D eigenvalue weighted by molar-refractivity contribution is 0.276. The molecule has 0 aliphatic heterocycles. The van der Waals surface area contributed by atoms with E-state index in [1.54, 1.807) is 0 Å². The van der Waals surface area contributed by atoms with Gasteiger partial charge in [0.05, 0.1) is 5.70 Å². The SMILES string of the molecule is CC1=C=C=C(NCO)C=C1. The van der Waals surface area contributed by atoms with E-state index in [0.717, 1.165) is 11.3 Å². The van der Waals surface area contributed by atoms with Crippen LogP contribution < -0.4 is 5.32 Å². The number of nitrogens with one attached hydrogen (secondary N) is 1. The lowest BCUT2D eigenvalue weighted by Gasteiger charge is -1.99. The van der Waals surface area contributed by atoms with Crippen molar-refractivity contribution in [3.63, 3.8) is 0 Å². The summed E-state index contributed by atoms with van der Waals surface area (Å²) in [7, 11) is 0. The lowest BCUT2D eigenvalue weighted by Crippen LogP contribution is -2.11. The fourth-order valence-corrected chi connectivity index (χ4v) is 0.646. The Labute approximate surface area is 59.9 Å². The van der Waals surface area contributed by atoms with Gasteiger partial charge in [-0.1, -0.05) is 5.73 Å². The molecule has 1 aliphatic carbocycles. The van der Waals surface area contributed by atoms with Crippen LogP contribution in [0.15, 0.2) is 34.9 Å². The molecule has 0 bridgehead atoms. The topological polar surface area (TPSA) is 32.3 Å². The maximum absolute atomic E-state index is 8.44. The fraction of sp³-hybridized carbons (Fsp3) is 0.250. The van der Waals surface area contributed by atoms with Crippen molar-refractivity contribution in [1.82, 2.24) is 5.32 Å². The van der Waals surface area contributed by atoms with Crippen molar-refractivity contribution in [2.24, 2.45) is 0 Å². The normalized spacial score (nSPS) is 14.6. The second-order valence-corrected chi connectivity index (χ2v) is 2.01. The van der Waals surface area contributed by atoms with E-state index in [9.17, 15) is 0 Å². The number of aliphatic hydroxyl groups excluding tert-OH is 1. The molecule has 0 saturated heterocycles. The van der Waals surface area contributed by atoms with Crippen molar-refractivity contribution >= 4 is 0 Å². The third-order valence-electron chi connectivity index (χ3n) is 1.16. The second-order valence-electron chi connectivity index (χ2n) is 2.01. The van der Waals surface area contributed by atoms with E-state index in [1.807, 2.05) is 19.1 Å². The van der Waals surface area contributed by atoms with Gasteiger partial charge in [0, 0.05) is 0 Å². The predicted molar refractivity (Wildman–Crippen MR) is 39.1 cm³/mol. The van der Waals surface area contributed by atoms with Gasteiger partial charge in [-0.3, -0.25) is 0 Å². The van der Waals surface area contributed by atoms with E-state index in [4.69, 9.17) is 5.11 Å². The highest BCUT2D eigenvalue weighted by atomic mass is 16.3. The van der Waals surface area contributed by atoms with Gasteiger partial charge in [-0.05, 0) is 30.4 Å². The van der Waals surface area contributed by atoms with Crippen LogP contribution in [0.3, 0.4) is 0 Å². The van der Waals surface area contributed by atoms with Crippen molar-refractivity contribution in [3.8, 4) is 0 Å². The van der Waals surface area contributed by atoms with Crippen LogP contribution in [0, 0.1) is 0 Å². The van der Waals surface area contributed by atoms with Gasteiger partial charge >= 0.3 is 0 Å². The van der Waals surface area contributed by atoms with Gasteiger partial charge < -0.3 is 10.4 Å². The highest BCUT2D eigenvalue weighted by Crippen LogP contribution is 2.00. The Morgan fingerprint density at radius 1 is 1.50 bits per heavy atom. The molecule has 0 amide bonds. The van der Waals surface area contributed by atoms with E-state index in [-0.39, 0.29) is 6.73 Å². The van der Waals surface area contributed by atoms with Crippen LogP contribution in [-0.4, -0.2) is 11.8 Å². The van der Waals surface area contributed by atoms with E-state index in [2.05, 4.69) is 16.8 Å². The molecule has 0 atom stereocenters. The summed E-state index contributed by atoms with van der Waals surface area (Å²) in [6.07, 6.45) is 3.76. The van der Waals surface area contributed by atoms with Crippen molar-refractivity contribution in [1.29, 1.82) is 0 Å². The molecule has 10 heavy (non-hydrogen) atoms. The summed E-state index contributed by atoms with van der Waals surface area (Å²) in [6, 6.07) is 0. The Morgan fingerprint density at radius 2 is 2.30 bits per heavy atom. The molecule has 0 fully saturated rings. The number of hydrogen-bond donors (Lipinski definition) is 2. The van der Waals surface area contributed by atoms with E-state index in [0.29, 0.717) is 0 Å². The highest BCUT2D eigenvalue weighted by Gasteiger charge is 1.89. The van der Waals surface area contributed by atoms with Gasteiger partial charge in [0.25, 0.3) is 0 Å². The Kier molecular flexibility index (Phi) is 2.14. The summed E-state index contributed by atoms with van der Waals surface area (Å²) in [5.41, 5.74) is 7.54. The average Bonchev–Trinajstić information content (AvgIpc) is 1.95. The van der Waals surface area contributed by atoms with Crippen molar-refractivity contribution in [2.45, 2.75) is 6.92 Å². The van der Waals surface area contributed by atoms with Crippen LogP contribution in [0.2, 0.25) is 0 Å². The summed E-state index contributed by atoms with van der Waals surface area (Å²) in [4.78, 5) is 0. The molecule has 0 aromatic heterocycles. The van der Waals surface area contributed by atoms with E-state index < -0.39 is 0 Å². The van der Waals surface area contributed by atoms with Crippen LogP contribution in [0.4, 0.5) is 0 Å². The zero-order valence-electron chi connectivity index (χ0n) is 5.81. The van der Waals surface area contributed by atoms with Gasteiger partial charge in [-0.15, -0.1) is 0 Å². The minimum Gasteiger partial charge on any atom is -0.377 e. The second kappa shape index (κ2) is 3.09. The molecule has 52 valence electrons. The Morgan fingerprint density at radius 3 is 2.80 bits per heavy atom. The minimum absolute atomic E-state index is 0.0621. The van der Waals surface area contributed by atoms with Crippen molar-refractivity contribution < 1.29 is 5.11 Å². The summed E-state index contributed by atoms with van der Waals surface area (Å²) in [6.45, 7) is 1.88. The monoisotopic (exact) mass is 135 g/mol. The number of hydrogen-bond acceptors (Lipinski definition) is 2. The standard InChI is InChI=1S/C8H9NO/c1-7-2-4-8(5-3-7)9-6-10/h2,4,9-10H,6H2,1H3. The first kappa shape index (κ1) is 6.91. The molecule has 0 saturated carbocycles. The van der Waals surface area contributed by atoms with Crippen molar-refractivity contribution in [3.05, 3.63) is 34.9 Å². The molecule has 0 unspecified atom stereocenters. The summed E-state index contributed by atoms with van der Waals surface area (Å²) in [5.74, 6) is 0. The molecule has 0 aromatic carbocycles. The molecule has 1 rings (SSSR count). The molecule has 2 heteroatoms. The smallest absolute Gasteiger partial charge is 0.113 e. The van der Waals surface area contributed by atoms with Crippen LogP contribution in [0.25, 0.3) is 0 Å². The third-order valence-corrected chi connectivity index (χ3v) is 1.16.